The first-order chi connectivity index (χ1) is 15.7. The van der Waals surface area contributed by atoms with Crippen molar-refractivity contribution in [1.29, 1.82) is 0 Å². The van der Waals surface area contributed by atoms with Crippen molar-refractivity contribution in [3.63, 3.8) is 0 Å². The Morgan fingerprint density at radius 1 is 1.29 bits per heavy atom. The van der Waals surface area contributed by atoms with Crippen molar-refractivity contribution in [3.05, 3.63) is 58.6 Å². The van der Waals surface area contributed by atoms with E-state index in [0.717, 1.165) is 17.5 Å². The van der Waals surface area contributed by atoms with Gasteiger partial charge in [-0.3, -0.25) is 4.79 Å². The maximum atomic E-state index is 11.1. The molecule has 0 radical (unpaired) electrons. The van der Waals surface area contributed by atoms with Crippen LogP contribution in [0.5, 0.6) is 0 Å². The Morgan fingerprint density at radius 3 is 2.56 bits per heavy atom. The van der Waals surface area contributed by atoms with Crippen LogP contribution in [-0.4, -0.2) is 38.5 Å². The van der Waals surface area contributed by atoms with Gasteiger partial charge in [0.1, 0.15) is 5.52 Å². The third-order valence-corrected chi connectivity index (χ3v) is 5.86. The zero-order valence-corrected chi connectivity index (χ0v) is 20.4. The lowest BCUT2D eigenvalue weighted by Crippen LogP contribution is -2.38. The van der Waals surface area contributed by atoms with Gasteiger partial charge in [0.25, 0.3) is 0 Å². The minimum Gasteiger partial charge on any atom is -0.478 e. The van der Waals surface area contributed by atoms with Crippen LogP contribution in [0, 0.1) is 17.8 Å². The summed E-state index contributed by atoms with van der Waals surface area (Å²) in [5.74, 6) is 4.39. The van der Waals surface area contributed by atoms with Gasteiger partial charge in [0.05, 0.1) is 22.4 Å². The number of fused-ring (bicyclic) bond motifs is 1. The Morgan fingerprint density at radius 2 is 2.03 bits per heavy atom. The van der Waals surface area contributed by atoms with E-state index in [1.54, 1.807) is 16.8 Å². The third kappa shape index (κ3) is 5.86. The molecule has 0 unspecified atom stereocenters. The molecule has 0 fully saturated rings. The summed E-state index contributed by atoms with van der Waals surface area (Å²) in [6.45, 7) is 4.41. The molecule has 3 aromatic rings. The Kier molecular flexibility index (Phi) is 9.05. The van der Waals surface area contributed by atoms with Crippen molar-refractivity contribution in [2.75, 3.05) is 6.54 Å². The van der Waals surface area contributed by atoms with E-state index in [9.17, 15) is 9.59 Å². The molecule has 0 saturated heterocycles. The largest absolute Gasteiger partial charge is 0.478 e. The van der Waals surface area contributed by atoms with Crippen LogP contribution in [0.2, 0.25) is 5.02 Å². The molecule has 1 aliphatic carbocycles. The Labute approximate surface area is 209 Å². The summed E-state index contributed by atoms with van der Waals surface area (Å²) in [5, 5.41) is 17.4. The van der Waals surface area contributed by atoms with Crippen LogP contribution in [0.1, 0.15) is 48.7 Å². The molecule has 180 valence electrons. The first-order valence-electron chi connectivity index (χ1n) is 10.5. The molecule has 1 amide bonds. The molecule has 2 atom stereocenters. The normalized spacial score (nSPS) is 18.8. The van der Waals surface area contributed by atoms with Gasteiger partial charge in [0, 0.05) is 17.6 Å². The average molecular weight is 504 g/mol. The highest BCUT2D eigenvalue weighted by atomic mass is 35.5. The fraction of sp³-hybridized carbons (Fsp3) is 0.333. The molecular formula is C24H27Cl2N5O3. The van der Waals surface area contributed by atoms with Crippen molar-refractivity contribution in [2.24, 2.45) is 17.4 Å². The van der Waals surface area contributed by atoms with Crippen LogP contribution in [0.15, 0.2) is 42.5 Å². The highest BCUT2D eigenvalue weighted by Gasteiger charge is 2.33. The molecule has 34 heavy (non-hydrogen) atoms. The van der Waals surface area contributed by atoms with E-state index in [4.69, 9.17) is 28.2 Å². The van der Waals surface area contributed by atoms with Crippen molar-refractivity contribution in [1.82, 2.24) is 15.0 Å². The Bertz CT molecular complexity index is 1250. The van der Waals surface area contributed by atoms with Crippen molar-refractivity contribution in [3.8, 4) is 11.8 Å². The SMILES string of the molecule is CC(C)n1nnc2cc(C(=O)O)ccc21.Cl.NC[C@@]1(c2cccc(Cl)c2)C#C[C@H](C(N)=O)CC1. The van der Waals surface area contributed by atoms with Crippen LogP contribution in [0.3, 0.4) is 0 Å². The number of aromatic carboxylic acids is 1. The van der Waals surface area contributed by atoms with E-state index in [1.807, 2.05) is 38.1 Å². The Hall–Kier alpha value is -3.12. The van der Waals surface area contributed by atoms with E-state index in [2.05, 4.69) is 22.2 Å². The topological polar surface area (TPSA) is 137 Å². The number of primary amides is 1. The monoisotopic (exact) mass is 503 g/mol. The number of nitrogens with zero attached hydrogens (tertiary/aromatic N) is 3. The maximum absolute atomic E-state index is 11.1. The third-order valence-electron chi connectivity index (χ3n) is 5.62. The lowest BCUT2D eigenvalue weighted by atomic mass is 9.72. The molecule has 1 aromatic heterocycles. The fourth-order valence-electron chi connectivity index (χ4n) is 3.69. The number of carboxylic acids is 1. The predicted molar refractivity (Wildman–Crippen MR) is 134 cm³/mol. The summed E-state index contributed by atoms with van der Waals surface area (Å²) < 4.78 is 1.76. The van der Waals surface area contributed by atoms with Gasteiger partial charge in [-0.2, -0.15) is 0 Å². The second kappa shape index (κ2) is 11.3. The smallest absolute Gasteiger partial charge is 0.335 e. The molecule has 4 rings (SSSR count). The lowest BCUT2D eigenvalue weighted by molar-refractivity contribution is -0.120. The van der Waals surface area contributed by atoms with Gasteiger partial charge in [-0.25, -0.2) is 9.48 Å². The van der Waals surface area contributed by atoms with Gasteiger partial charge in [-0.1, -0.05) is 40.8 Å². The van der Waals surface area contributed by atoms with Crippen LogP contribution in [0.4, 0.5) is 0 Å². The molecular weight excluding hydrogens is 477 g/mol. The van der Waals surface area contributed by atoms with Gasteiger partial charge in [-0.15, -0.1) is 17.5 Å². The highest BCUT2D eigenvalue weighted by Crippen LogP contribution is 2.33. The van der Waals surface area contributed by atoms with Crippen molar-refractivity contribution in [2.45, 2.75) is 38.1 Å². The molecule has 8 nitrogen and oxygen atoms in total. The number of amides is 1. The zero-order valence-electron chi connectivity index (χ0n) is 18.9. The van der Waals surface area contributed by atoms with Gasteiger partial charge < -0.3 is 16.6 Å². The number of carbonyl (C=O) groups excluding carboxylic acids is 1. The lowest BCUT2D eigenvalue weighted by Gasteiger charge is -2.31. The molecule has 0 aliphatic heterocycles. The molecule has 0 saturated carbocycles. The van der Waals surface area contributed by atoms with E-state index < -0.39 is 11.4 Å². The van der Waals surface area contributed by atoms with Crippen LogP contribution >= 0.6 is 24.0 Å². The van der Waals surface area contributed by atoms with Crippen LogP contribution in [0.25, 0.3) is 11.0 Å². The van der Waals surface area contributed by atoms with Gasteiger partial charge in [-0.05, 0) is 62.6 Å². The molecule has 5 N–H and O–H groups in total. The summed E-state index contributed by atoms with van der Waals surface area (Å²) >= 11 is 6.00. The second-order valence-electron chi connectivity index (χ2n) is 8.20. The average Bonchev–Trinajstić information content (AvgIpc) is 3.23. The number of carbonyl (C=O) groups is 2. The molecule has 2 aromatic carbocycles. The van der Waals surface area contributed by atoms with Gasteiger partial charge >= 0.3 is 5.97 Å². The summed E-state index contributed by atoms with van der Waals surface area (Å²) in [6, 6.07) is 12.6. The van der Waals surface area contributed by atoms with E-state index in [1.165, 1.54) is 6.07 Å². The number of aromatic nitrogens is 3. The molecule has 0 spiro atoms. The number of halogens is 2. The van der Waals surface area contributed by atoms with E-state index >= 15 is 0 Å². The minimum atomic E-state index is -0.948. The quantitative estimate of drug-likeness (QED) is 0.455. The first kappa shape index (κ1) is 27.1. The molecule has 1 aliphatic rings. The number of rotatable bonds is 5. The van der Waals surface area contributed by atoms with Gasteiger partial charge in [0.15, 0.2) is 0 Å². The molecule has 10 heteroatoms. The maximum Gasteiger partial charge on any atom is 0.335 e. The van der Waals surface area contributed by atoms with E-state index in [-0.39, 0.29) is 35.8 Å². The molecule has 0 bridgehead atoms. The van der Waals surface area contributed by atoms with Gasteiger partial charge in [0.2, 0.25) is 5.91 Å². The number of carboxylic acid groups (broad SMARTS) is 1. The standard InChI is InChI=1S/C14H15ClN2O.C10H11N3O2.ClH/c15-12-3-1-2-11(8-12)14(9-16)6-4-10(5-7-14)13(17)18;1-6(2)13-9-4-3-7(10(14)15)5-8(9)11-12-13;/h1-3,8,10H,4,6,9,16H2,(H2,17,18);3-6H,1-2H3,(H,14,15);1H/t10-,14+;;/m1../s1. The summed E-state index contributed by atoms with van der Waals surface area (Å²) in [4.78, 5) is 21.8. The second-order valence-corrected chi connectivity index (χ2v) is 8.63. The number of nitrogens with two attached hydrogens (primary N) is 2. The van der Waals surface area contributed by atoms with E-state index in [0.29, 0.717) is 23.5 Å². The number of hydrogen-bond donors (Lipinski definition) is 3. The first-order valence-corrected chi connectivity index (χ1v) is 10.9. The minimum absolute atomic E-state index is 0. The van der Waals surface area contributed by atoms with Crippen molar-refractivity contribution >= 4 is 46.9 Å². The van der Waals surface area contributed by atoms with Crippen LogP contribution in [-0.2, 0) is 10.2 Å². The van der Waals surface area contributed by atoms with Crippen molar-refractivity contribution < 1.29 is 14.7 Å². The predicted octanol–water partition coefficient (Wildman–Crippen LogP) is 3.57. The molecule has 1 heterocycles. The zero-order chi connectivity index (χ0) is 24.2. The summed E-state index contributed by atoms with van der Waals surface area (Å²) in [7, 11) is 0. The number of benzene rings is 2. The Balaban J connectivity index is 0.000000237. The summed E-state index contributed by atoms with van der Waals surface area (Å²) in [5.41, 5.74) is 13.5. The highest BCUT2D eigenvalue weighted by molar-refractivity contribution is 6.30. The van der Waals surface area contributed by atoms with Crippen LogP contribution < -0.4 is 11.5 Å². The fourth-order valence-corrected chi connectivity index (χ4v) is 3.88. The number of hydrogen-bond acceptors (Lipinski definition) is 5. The summed E-state index contributed by atoms with van der Waals surface area (Å²) in [6.07, 6.45) is 1.37.